The zero-order valence-corrected chi connectivity index (χ0v) is 8.35. The van der Waals surface area contributed by atoms with E-state index in [-0.39, 0.29) is 6.61 Å². The third kappa shape index (κ3) is 3.85. The number of phosphoric ester groups is 1. The first-order valence-corrected chi connectivity index (χ1v) is 5.46. The molecule has 0 aromatic heterocycles. The fourth-order valence-corrected chi connectivity index (χ4v) is 1.23. The smallest absolute Gasteiger partial charge is 0.303 e. The lowest BCUT2D eigenvalue weighted by Crippen LogP contribution is -1.90. The highest BCUT2D eigenvalue weighted by atomic mass is 31.2. The summed E-state index contributed by atoms with van der Waals surface area (Å²) in [5.41, 5.74) is 1.66. The third-order valence-corrected chi connectivity index (χ3v) is 2.08. The average Bonchev–Trinajstić information content (AvgIpc) is 2.14. The molecule has 0 aliphatic heterocycles. The van der Waals surface area contributed by atoms with Crippen molar-refractivity contribution in [3.63, 3.8) is 0 Å². The minimum atomic E-state index is -4.37. The largest absolute Gasteiger partial charge is 0.469 e. The van der Waals surface area contributed by atoms with Crippen LogP contribution in [-0.2, 0) is 15.7 Å². The maximum absolute atomic E-state index is 10.4. The van der Waals surface area contributed by atoms with Gasteiger partial charge in [0.1, 0.15) is 0 Å². The van der Waals surface area contributed by atoms with E-state index in [9.17, 15) is 4.57 Å². The monoisotopic (exact) mass is 214 g/mol. The van der Waals surface area contributed by atoms with Crippen molar-refractivity contribution >= 4 is 13.9 Å². The third-order valence-electron chi connectivity index (χ3n) is 1.61. The molecule has 1 aromatic rings. The molecule has 0 heterocycles. The summed E-state index contributed by atoms with van der Waals surface area (Å²) in [4.78, 5) is 16.9. The molecule has 0 spiro atoms. The highest BCUT2D eigenvalue weighted by Gasteiger charge is 2.13. The Hall–Kier alpha value is -0.930. The second kappa shape index (κ2) is 4.53. The maximum atomic E-state index is 10.4. The number of phosphoric acid groups is 1. The second-order valence-electron chi connectivity index (χ2n) is 2.71. The molecule has 1 aromatic carbocycles. The summed E-state index contributed by atoms with van der Waals surface area (Å²) in [5.74, 6) is 0. The van der Waals surface area contributed by atoms with Crippen LogP contribution in [0.3, 0.4) is 0 Å². The fraction of sp³-hybridized carbons (Fsp3) is 0.111. The first kappa shape index (κ1) is 11.1. The lowest BCUT2D eigenvalue weighted by Gasteiger charge is -2.05. The van der Waals surface area contributed by atoms with Crippen LogP contribution in [0, 0.1) is 0 Å². The number of benzene rings is 1. The van der Waals surface area contributed by atoms with Gasteiger partial charge in [0, 0.05) is 0 Å². The molecule has 0 amide bonds. The molecule has 0 saturated carbocycles. The summed E-state index contributed by atoms with van der Waals surface area (Å²) < 4.78 is 14.7. The highest BCUT2D eigenvalue weighted by Crippen LogP contribution is 2.36. The predicted molar refractivity (Wildman–Crippen MR) is 53.4 cm³/mol. The first-order valence-electron chi connectivity index (χ1n) is 3.93. The minimum Gasteiger partial charge on any atom is -0.303 e. The van der Waals surface area contributed by atoms with Gasteiger partial charge in [-0.25, -0.2) is 4.57 Å². The summed E-state index contributed by atoms with van der Waals surface area (Å²) in [6.45, 7) is 3.49. The van der Waals surface area contributed by atoms with Gasteiger partial charge in [0.2, 0.25) is 0 Å². The first-order chi connectivity index (χ1) is 6.51. The van der Waals surface area contributed by atoms with E-state index in [0.717, 1.165) is 5.56 Å². The molecule has 0 radical (unpaired) electrons. The Labute approximate surface area is 82.1 Å². The van der Waals surface area contributed by atoms with Gasteiger partial charge in [0.25, 0.3) is 0 Å². The van der Waals surface area contributed by atoms with Crippen LogP contribution in [0.2, 0.25) is 0 Å². The van der Waals surface area contributed by atoms with E-state index >= 15 is 0 Å². The molecule has 5 heteroatoms. The molecule has 4 nitrogen and oxygen atoms in total. The predicted octanol–water partition coefficient (Wildman–Crippen LogP) is 1.94. The van der Waals surface area contributed by atoms with Gasteiger partial charge in [-0.05, 0) is 11.1 Å². The Morgan fingerprint density at radius 1 is 1.36 bits per heavy atom. The molecular formula is C9H11O4P. The summed E-state index contributed by atoms with van der Waals surface area (Å²) in [6.07, 6.45) is 1.69. The van der Waals surface area contributed by atoms with Gasteiger partial charge in [-0.1, -0.05) is 36.9 Å². The quantitative estimate of drug-likeness (QED) is 0.751. The fourth-order valence-electron chi connectivity index (χ4n) is 0.909. The van der Waals surface area contributed by atoms with Gasteiger partial charge in [-0.15, -0.1) is 0 Å². The molecule has 0 aliphatic rings. The van der Waals surface area contributed by atoms with Gasteiger partial charge < -0.3 is 9.79 Å². The molecule has 0 bridgehead atoms. The van der Waals surface area contributed by atoms with Crippen LogP contribution in [0.15, 0.2) is 30.8 Å². The summed E-state index contributed by atoms with van der Waals surface area (Å²) in [6, 6.07) is 7.05. The van der Waals surface area contributed by atoms with Crippen molar-refractivity contribution in [2.45, 2.75) is 6.61 Å². The number of hydrogen-bond donors (Lipinski definition) is 2. The van der Waals surface area contributed by atoms with E-state index in [4.69, 9.17) is 9.79 Å². The molecule has 0 unspecified atom stereocenters. The van der Waals surface area contributed by atoms with E-state index in [1.165, 1.54) is 0 Å². The van der Waals surface area contributed by atoms with Gasteiger partial charge >= 0.3 is 7.82 Å². The van der Waals surface area contributed by atoms with Gasteiger partial charge in [-0.3, -0.25) is 4.52 Å². The van der Waals surface area contributed by atoms with E-state index in [1.807, 2.05) is 0 Å². The van der Waals surface area contributed by atoms with Crippen LogP contribution in [0.4, 0.5) is 0 Å². The lowest BCUT2D eigenvalue weighted by molar-refractivity contribution is 0.189. The lowest BCUT2D eigenvalue weighted by atomic mass is 10.1. The van der Waals surface area contributed by atoms with Crippen molar-refractivity contribution in [3.05, 3.63) is 42.0 Å². The maximum Gasteiger partial charge on any atom is 0.469 e. The van der Waals surface area contributed by atoms with Crippen molar-refractivity contribution in [1.29, 1.82) is 0 Å². The number of rotatable bonds is 4. The summed E-state index contributed by atoms with van der Waals surface area (Å²) in [5, 5.41) is 0. The highest BCUT2D eigenvalue weighted by molar-refractivity contribution is 7.46. The van der Waals surface area contributed by atoms with E-state index in [0.29, 0.717) is 5.56 Å². The molecule has 0 aliphatic carbocycles. The van der Waals surface area contributed by atoms with Crippen LogP contribution in [-0.4, -0.2) is 9.79 Å². The van der Waals surface area contributed by atoms with E-state index < -0.39 is 7.82 Å². The van der Waals surface area contributed by atoms with Crippen LogP contribution in [0.1, 0.15) is 11.1 Å². The van der Waals surface area contributed by atoms with Crippen LogP contribution < -0.4 is 0 Å². The van der Waals surface area contributed by atoms with E-state index in [1.54, 1.807) is 30.3 Å². The van der Waals surface area contributed by atoms with Crippen molar-refractivity contribution in [2.75, 3.05) is 0 Å². The van der Waals surface area contributed by atoms with Gasteiger partial charge in [0.05, 0.1) is 6.61 Å². The van der Waals surface area contributed by atoms with Crippen LogP contribution in [0.5, 0.6) is 0 Å². The molecule has 14 heavy (non-hydrogen) atoms. The zero-order chi connectivity index (χ0) is 10.6. The SMILES string of the molecule is C=Cc1ccc(COP(=O)(O)O)cc1. The average molecular weight is 214 g/mol. The Kier molecular flexibility index (Phi) is 3.61. The number of hydrogen-bond acceptors (Lipinski definition) is 2. The topological polar surface area (TPSA) is 66.8 Å². The Balaban J connectivity index is 2.60. The standard InChI is InChI=1S/C9H11O4P/c1-2-8-3-5-9(6-4-8)7-13-14(10,11)12/h2-6H,1,7H2,(H2,10,11,12). The Morgan fingerprint density at radius 3 is 2.36 bits per heavy atom. The molecule has 0 atom stereocenters. The Bertz CT molecular complexity index is 352. The molecule has 2 N–H and O–H groups in total. The van der Waals surface area contributed by atoms with Crippen molar-refractivity contribution in [2.24, 2.45) is 0 Å². The van der Waals surface area contributed by atoms with Gasteiger partial charge in [0.15, 0.2) is 0 Å². The second-order valence-corrected chi connectivity index (χ2v) is 3.95. The van der Waals surface area contributed by atoms with Crippen molar-refractivity contribution in [3.8, 4) is 0 Å². The molecule has 0 saturated heterocycles. The molecule has 0 fully saturated rings. The van der Waals surface area contributed by atoms with Crippen LogP contribution in [0.25, 0.3) is 6.08 Å². The van der Waals surface area contributed by atoms with Crippen LogP contribution >= 0.6 is 7.82 Å². The summed E-state index contributed by atoms with van der Waals surface area (Å²) in [7, 11) is -4.37. The molecular weight excluding hydrogens is 203 g/mol. The normalized spacial score (nSPS) is 11.3. The van der Waals surface area contributed by atoms with Crippen molar-refractivity contribution < 1.29 is 18.9 Å². The zero-order valence-electron chi connectivity index (χ0n) is 7.46. The van der Waals surface area contributed by atoms with Gasteiger partial charge in [-0.2, -0.15) is 0 Å². The summed E-state index contributed by atoms with van der Waals surface area (Å²) >= 11 is 0. The Morgan fingerprint density at radius 2 is 1.93 bits per heavy atom. The minimum absolute atomic E-state index is 0.0955. The molecule has 76 valence electrons. The molecule has 1 rings (SSSR count). The van der Waals surface area contributed by atoms with E-state index in [2.05, 4.69) is 11.1 Å². The van der Waals surface area contributed by atoms with Crippen molar-refractivity contribution in [1.82, 2.24) is 0 Å².